The van der Waals surface area contributed by atoms with Crippen LogP contribution >= 0.6 is 0 Å². The molecule has 0 aromatic carbocycles. The minimum Gasteiger partial charge on any atom is -0.414 e. The van der Waals surface area contributed by atoms with Crippen LogP contribution in [0, 0.1) is 23.2 Å². The van der Waals surface area contributed by atoms with Gasteiger partial charge in [0.25, 0.3) is 0 Å². The van der Waals surface area contributed by atoms with Crippen molar-refractivity contribution < 1.29 is 13.3 Å². The van der Waals surface area contributed by atoms with Crippen molar-refractivity contribution >= 4 is 25.0 Å². The van der Waals surface area contributed by atoms with Crippen LogP contribution in [0.2, 0.25) is 54.4 Å². The van der Waals surface area contributed by atoms with Crippen LogP contribution in [0.4, 0.5) is 0 Å². The molecule has 3 nitrogen and oxygen atoms in total. The maximum absolute atomic E-state index is 7.12. The van der Waals surface area contributed by atoms with Gasteiger partial charge in [-0.3, -0.25) is 0 Å². The third-order valence-electron chi connectivity index (χ3n) is 14.6. The largest absolute Gasteiger partial charge is 0.414 e. The van der Waals surface area contributed by atoms with Crippen molar-refractivity contribution in [3.05, 3.63) is 47.6 Å². The maximum Gasteiger partial charge on any atom is 0.192 e. The Bertz CT molecular complexity index is 1230. The molecule has 288 valence electrons. The molecular formula is C44H82O3Si3. The number of rotatable bonds is 11. The van der Waals surface area contributed by atoms with Crippen LogP contribution in [-0.4, -0.2) is 43.3 Å². The van der Waals surface area contributed by atoms with E-state index < -0.39 is 25.0 Å². The van der Waals surface area contributed by atoms with Gasteiger partial charge in [-0.1, -0.05) is 118 Å². The second-order valence-corrected chi connectivity index (χ2v) is 35.9. The molecule has 0 aliphatic heterocycles. The molecule has 0 unspecified atom stereocenters. The topological polar surface area (TPSA) is 27.7 Å². The van der Waals surface area contributed by atoms with E-state index in [0.717, 1.165) is 30.8 Å². The Morgan fingerprint density at radius 3 is 1.76 bits per heavy atom. The lowest BCUT2D eigenvalue weighted by Gasteiger charge is -2.46. The lowest BCUT2D eigenvalue weighted by Crippen LogP contribution is -2.49. The van der Waals surface area contributed by atoms with Crippen molar-refractivity contribution in [2.75, 3.05) is 0 Å². The van der Waals surface area contributed by atoms with Gasteiger partial charge in [0.15, 0.2) is 25.0 Å². The second-order valence-electron chi connectivity index (χ2n) is 21.6. The van der Waals surface area contributed by atoms with Gasteiger partial charge < -0.3 is 13.3 Å². The van der Waals surface area contributed by atoms with Crippen LogP contribution in [-0.2, 0) is 13.3 Å². The Labute approximate surface area is 315 Å². The Morgan fingerprint density at radius 1 is 0.780 bits per heavy atom. The highest BCUT2D eigenvalue weighted by Crippen LogP contribution is 2.59. The molecule has 0 aromatic rings. The quantitative estimate of drug-likeness (QED) is 0.156. The van der Waals surface area contributed by atoms with E-state index in [4.69, 9.17) is 13.3 Å². The van der Waals surface area contributed by atoms with Crippen LogP contribution in [0.1, 0.15) is 134 Å². The van der Waals surface area contributed by atoms with Gasteiger partial charge in [-0.05, 0) is 141 Å². The van der Waals surface area contributed by atoms with Gasteiger partial charge in [0, 0.05) is 6.10 Å². The Morgan fingerprint density at radius 2 is 1.28 bits per heavy atom. The van der Waals surface area contributed by atoms with Crippen LogP contribution < -0.4 is 0 Å². The molecule has 0 radical (unpaired) electrons. The molecule has 3 fully saturated rings. The number of hydrogen-bond donors (Lipinski definition) is 0. The van der Waals surface area contributed by atoms with Gasteiger partial charge in [-0.15, -0.1) is 0 Å². The first-order valence-corrected chi connectivity index (χ1v) is 29.0. The fourth-order valence-electron chi connectivity index (χ4n) is 8.18. The minimum atomic E-state index is -1.98. The summed E-state index contributed by atoms with van der Waals surface area (Å²) in [7, 11) is -5.71. The van der Waals surface area contributed by atoms with Crippen molar-refractivity contribution in [3.8, 4) is 0 Å². The molecule has 50 heavy (non-hydrogen) atoms. The monoisotopic (exact) mass is 743 g/mol. The van der Waals surface area contributed by atoms with Gasteiger partial charge in [-0.25, -0.2) is 0 Å². The van der Waals surface area contributed by atoms with E-state index in [1.165, 1.54) is 37.7 Å². The molecule has 0 bridgehead atoms. The number of allylic oxidation sites excluding steroid dienone is 4. The van der Waals surface area contributed by atoms with Crippen LogP contribution in [0.15, 0.2) is 47.6 Å². The zero-order chi connectivity index (χ0) is 38.3. The minimum absolute atomic E-state index is 0.0270. The van der Waals surface area contributed by atoms with E-state index in [2.05, 4.69) is 153 Å². The predicted octanol–water partition coefficient (Wildman–Crippen LogP) is 14.2. The Hall–Kier alpha value is -0.509. The maximum atomic E-state index is 7.12. The summed E-state index contributed by atoms with van der Waals surface area (Å²) in [5.41, 5.74) is 4.70. The van der Waals surface area contributed by atoms with Gasteiger partial charge in [0.2, 0.25) is 0 Å². The van der Waals surface area contributed by atoms with Crippen molar-refractivity contribution in [1.82, 2.24) is 0 Å². The smallest absolute Gasteiger partial charge is 0.192 e. The molecule has 3 aliphatic rings. The van der Waals surface area contributed by atoms with Gasteiger partial charge in [0.1, 0.15) is 0 Å². The van der Waals surface area contributed by atoms with E-state index >= 15 is 0 Å². The first-order valence-electron chi connectivity index (χ1n) is 20.3. The van der Waals surface area contributed by atoms with E-state index in [1.54, 1.807) is 5.57 Å². The van der Waals surface area contributed by atoms with E-state index in [9.17, 15) is 0 Å². The fraction of sp³-hybridized carbons (Fsp3) is 0.818. The molecular weight excluding hydrogens is 661 g/mol. The molecule has 0 spiro atoms. The summed E-state index contributed by atoms with van der Waals surface area (Å²) in [5.74, 6) is 2.01. The van der Waals surface area contributed by atoms with Gasteiger partial charge in [0.05, 0.1) is 12.2 Å². The summed E-state index contributed by atoms with van der Waals surface area (Å²) in [6, 6.07) is 0. The van der Waals surface area contributed by atoms with Crippen molar-refractivity contribution in [2.45, 2.75) is 207 Å². The van der Waals surface area contributed by atoms with Gasteiger partial charge in [-0.2, -0.15) is 0 Å². The summed E-state index contributed by atoms with van der Waals surface area (Å²) in [6.07, 6.45) is 19.8. The molecule has 6 heteroatoms. The van der Waals surface area contributed by atoms with Crippen LogP contribution in [0.5, 0.6) is 0 Å². The van der Waals surface area contributed by atoms with E-state index in [-0.39, 0.29) is 33.4 Å². The summed E-state index contributed by atoms with van der Waals surface area (Å²) in [5, 5.41) is 0.557. The average Bonchev–Trinajstić information content (AvgIpc) is 3.29. The molecule has 3 rings (SSSR count). The predicted molar refractivity (Wildman–Crippen MR) is 228 cm³/mol. The average molecular weight is 743 g/mol. The highest BCUT2D eigenvalue weighted by atomic mass is 28.4. The molecule has 0 N–H and O–H groups in total. The molecule has 0 aromatic heterocycles. The molecule has 0 saturated heterocycles. The lowest BCUT2D eigenvalue weighted by atomic mass is 9.61. The summed E-state index contributed by atoms with van der Waals surface area (Å²) in [6.45, 7) is 47.3. The first-order chi connectivity index (χ1) is 22.5. The highest BCUT2D eigenvalue weighted by molar-refractivity contribution is 6.75. The fourth-order valence-corrected chi connectivity index (χ4v) is 12.2. The zero-order valence-electron chi connectivity index (χ0n) is 36.4. The number of hydrogen-bond acceptors (Lipinski definition) is 3. The summed E-state index contributed by atoms with van der Waals surface area (Å²) < 4.78 is 20.9. The van der Waals surface area contributed by atoms with Gasteiger partial charge >= 0.3 is 0 Å². The molecule has 0 heterocycles. The Kier molecular flexibility index (Phi) is 13.8. The zero-order valence-corrected chi connectivity index (χ0v) is 39.4. The number of fused-ring (bicyclic) bond motifs is 1. The third-order valence-corrected chi connectivity index (χ3v) is 28.2. The third kappa shape index (κ3) is 10.2. The molecule has 3 saturated carbocycles. The Balaban J connectivity index is 1.81. The lowest BCUT2D eigenvalue weighted by molar-refractivity contribution is 0.112. The van der Waals surface area contributed by atoms with Crippen molar-refractivity contribution in [3.63, 3.8) is 0 Å². The molecule has 3 aliphatic carbocycles. The standard InChI is InChI=1S/C44H82O3Si3/c1-32(22-20-23-33(2)45-48(14,15)41(4,5)6)37-27-28-38-36(24-21-29-44(37,38)13)26-25-35-30-39(46-49(16,17)42(7,8)9)34(3)40(31-35)47-50(18,19)43(10,11)12/h20,22,25-26,32-33,37-40H,3,21,23-24,27-31H2,1-2,4-19H3/t32-,33-,37+,38-,39+,40+,44+/m0/s1. The van der Waals surface area contributed by atoms with Crippen molar-refractivity contribution in [1.29, 1.82) is 0 Å². The molecule has 0 amide bonds. The van der Waals surface area contributed by atoms with Crippen LogP contribution in [0.25, 0.3) is 0 Å². The summed E-state index contributed by atoms with van der Waals surface area (Å²) in [4.78, 5) is 0. The summed E-state index contributed by atoms with van der Waals surface area (Å²) >= 11 is 0. The normalized spacial score (nSPS) is 29.8. The molecule has 7 atom stereocenters. The van der Waals surface area contributed by atoms with E-state index in [0.29, 0.717) is 17.3 Å². The highest BCUT2D eigenvalue weighted by Gasteiger charge is 2.50. The van der Waals surface area contributed by atoms with E-state index in [1.807, 2.05) is 0 Å². The SMILES string of the molecule is C=C1[C@H](O[Si](C)(C)C(C)(C)C)CC(=CC=C2CCC[C@]3(C)[C@@H]([C@@H](C)C=CC[C@H](C)O[Si](C)(C)C(C)(C)C)CC[C@@H]23)C[C@H]1O[Si](C)(C)C(C)(C)C. The van der Waals surface area contributed by atoms with Crippen molar-refractivity contribution in [2.24, 2.45) is 23.2 Å². The first kappa shape index (κ1) is 43.9. The second kappa shape index (κ2) is 15.7. The van der Waals surface area contributed by atoms with Crippen LogP contribution in [0.3, 0.4) is 0 Å².